The van der Waals surface area contributed by atoms with E-state index in [1.165, 1.54) is 12.1 Å². The van der Waals surface area contributed by atoms with Gasteiger partial charge < -0.3 is 19.7 Å². The standard InChI is InChI=1S/C25H28O5/c1-24(2)10-9-16-11-15(6-8-21(16)30-24)5-7-19(26)18-12-17-13-23(25(3,4)28)29-22(17)14-20(18)27/h5-8,11-12,14,23,27-28H,9-10,13H2,1-4H3/b7-5+/t23-/m0/s1. The Hall–Kier alpha value is -2.79. The van der Waals surface area contributed by atoms with E-state index in [0.717, 1.165) is 35.3 Å². The van der Waals surface area contributed by atoms with Crippen molar-refractivity contribution in [2.75, 3.05) is 0 Å². The van der Waals surface area contributed by atoms with E-state index in [1.54, 1.807) is 26.0 Å². The van der Waals surface area contributed by atoms with Crippen LogP contribution in [0.2, 0.25) is 0 Å². The second-order valence-corrected chi connectivity index (χ2v) is 9.37. The summed E-state index contributed by atoms with van der Waals surface area (Å²) < 4.78 is 11.7. The van der Waals surface area contributed by atoms with E-state index in [2.05, 4.69) is 13.8 Å². The van der Waals surface area contributed by atoms with Crippen LogP contribution in [0.15, 0.2) is 36.4 Å². The van der Waals surface area contributed by atoms with E-state index >= 15 is 0 Å². The van der Waals surface area contributed by atoms with Crippen molar-refractivity contribution >= 4 is 11.9 Å². The molecule has 0 amide bonds. The van der Waals surface area contributed by atoms with Gasteiger partial charge in [-0.1, -0.05) is 12.1 Å². The summed E-state index contributed by atoms with van der Waals surface area (Å²) in [6.45, 7) is 7.53. The van der Waals surface area contributed by atoms with E-state index in [1.807, 2.05) is 18.2 Å². The highest BCUT2D eigenvalue weighted by molar-refractivity contribution is 6.08. The number of benzene rings is 2. The molecule has 0 radical (unpaired) electrons. The Morgan fingerprint density at radius 1 is 1.17 bits per heavy atom. The number of carbonyl (C=O) groups is 1. The van der Waals surface area contributed by atoms with Gasteiger partial charge in [-0.05, 0) is 81.5 Å². The van der Waals surface area contributed by atoms with Crippen LogP contribution >= 0.6 is 0 Å². The van der Waals surface area contributed by atoms with Crippen LogP contribution in [0.1, 0.15) is 61.2 Å². The fraction of sp³-hybridized carbons (Fsp3) is 0.400. The fourth-order valence-corrected chi connectivity index (χ4v) is 3.91. The molecule has 0 aromatic heterocycles. The monoisotopic (exact) mass is 408 g/mol. The van der Waals surface area contributed by atoms with Crippen LogP contribution in [0.5, 0.6) is 17.2 Å². The molecule has 2 N–H and O–H groups in total. The van der Waals surface area contributed by atoms with Crippen LogP contribution in [-0.2, 0) is 12.8 Å². The predicted octanol–water partition coefficient (Wildman–Crippen LogP) is 4.47. The van der Waals surface area contributed by atoms with Gasteiger partial charge in [-0.3, -0.25) is 4.79 Å². The highest BCUT2D eigenvalue weighted by Gasteiger charge is 2.35. The number of allylic oxidation sites excluding steroid dienone is 1. The van der Waals surface area contributed by atoms with E-state index in [-0.39, 0.29) is 22.7 Å². The molecule has 5 nitrogen and oxygen atoms in total. The second-order valence-electron chi connectivity index (χ2n) is 9.37. The van der Waals surface area contributed by atoms with Crippen LogP contribution in [0.4, 0.5) is 0 Å². The van der Waals surface area contributed by atoms with Crippen molar-refractivity contribution in [3.63, 3.8) is 0 Å². The number of hydrogen-bond acceptors (Lipinski definition) is 5. The van der Waals surface area contributed by atoms with Crippen molar-refractivity contribution in [2.45, 2.75) is 64.3 Å². The summed E-state index contributed by atoms with van der Waals surface area (Å²) >= 11 is 0. The molecule has 1 atom stereocenters. The highest BCUT2D eigenvalue weighted by Crippen LogP contribution is 2.38. The molecule has 0 fully saturated rings. The molecule has 2 heterocycles. The average Bonchev–Trinajstić information content (AvgIpc) is 3.08. The van der Waals surface area contributed by atoms with Gasteiger partial charge in [0.25, 0.3) is 0 Å². The van der Waals surface area contributed by atoms with Crippen LogP contribution in [0.25, 0.3) is 6.08 Å². The van der Waals surface area contributed by atoms with Gasteiger partial charge in [0.05, 0.1) is 11.2 Å². The second kappa shape index (κ2) is 7.17. The summed E-state index contributed by atoms with van der Waals surface area (Å²) in [7, 11) is 0. The Morgan fingerprint density at radius 3 is 2.67 bits per heavy atom. The van der Waals surface area contributed by atoms with Crippen molar-refractivity contribution in [3.8, 4) is 17.2 Å². The van der Waals surface area contributed by atoms with Crippen molar-refractivity contribution in [2.24, 2.45) is 0 Å². The first kappa shape index (κ1) is 20.5. The number of aromatic hydroxyl groups is 1. The van der Waals surface area contributed by atoms with Gasteiger partial charge in [0.2, 0.25) is 0 Å². The summed E-state index contributed by atoms with van der Waals surface area (Å²) in [4.78, 5) is 12.7. The molecular weight excluding hydrogens is 380 g/mol. The summed E-state index contributed by atoms with van der Waals surface area (Å²) in [5.74, 6) is 1.00. The smallest absolute Gasteiger partial charge is 0.189 e. The largest absolute Gasteiger partial charge is 0.507 e. The molecule has 0 saturated carbocycles. The van der Waals surface area contributed by atoms with Gasteiger partial charge in [-0.2, -0.15) is 0 Å². The SMILES string of the molecule is CC1(C)CCc2cc(/C=C/C(=O)c3cc4c(cc3O)O[C@H](C(C)(C)O)C4)ccc2O1. The number of phenolic OH excluding ortho intramolecular Hbond substituents is 1. The van der Waals surface area contributed by atoms with E-state index in [9.17, 15) is 15.0 Å². The number of phenols is 1. The lowest BCUT2D eigenvalue weighted by Gasteiger charge is -2.32. The van der Waals surface area contributed by atoms with Crippen LogP contribution in [0, 0.1) is 0 Å². The highest BCUT2D eigenvalue weighted by atomic mass is 16.5. The number of aliphatic hydroxyl groups is 1. The Bertz CT molecular complexity index is 1030. The Balaban J connectivity index is 1.52. The van der Waals surface area contributed by atoms with Crippen LogP contribution in [-0.4, -0.2) is 33.3 Å². The average molecular weight is 408 g/mol. The van der Waals surface area contributed by atoms with Crippen LogP contribution in [0.3, 0.4) is 0 Å². The third-order valence-corrected chi connectivity index (χ3v) is 5.80. The Kier molecular flexibility index (Phi) is 4.89. The molecule has 0 saturated heterocycles. The minimum atomic E-state index is -1.01. The first-order valence-corrected chi connectivity index (χ1v) is 10.3. The number of ketones is 1. The van der Waals surface area contributed by atoms with Crippen molar-refractivity contribution < 1.29 is 24.5 Å². The normalized spacial score (nSPS) is 19.7. The molecule has 2 aliphatic heterocycles. The number of carbonyl (C=O) groups excluding carboxylic acids is 1. The first-order chi connectivity index (χ1) is 14.0. The van der Waals surface area contributed by atoms with Gasteiger partial charge in [-0.15, -0.1) is 0 Å². The lowest BCUT2D eigenvalue weighted by atomic mass is 9.93. The summed E-state index contributed by atoms with van der Waals surface area (Å²) in [5.41, 5.74) is 1.93. The molecular formula is C25H28O5. The third-order valence-electron chi connectivity index (χ3n) is 5.80. The molecule has 158 valence electrons. The van der Waals surface area contributed by atoms with Crippen LogP contribution < -0.4 is 9.47 Å². The molecule has 30 heavy (non-hydrogen) atoms. The maximum absolute atomic E-state index is 12.7. The summed E-state index contributed by atoms with van der Waals surface area (Å²) in [6, 6.07) is 9.03. The number of rotatable bonds is 4. The van der Waals surface area contributed by atoms with E-state index in [4.69, 9.17) is 9.47 Å². The molecule has 0 aliphatic carbocycles. The van der Waals surface area contributed by atoms with E-state index < -0.39 is 11.7 Å². The molecule has 2 aromatic rings. The number of fused-ring (bicyclic) bond motifs is 2. The van der Waals surface area contributed by atoms with Gasteiger partial charge in [0.1, 0.15) is 29.0 Å². The molecule has 5 heteroatoms. The first-order valence-electron chi connectivity index (χ1n) is 10.3. The molecule has 4 rings (SSSR count). The Labute approximate surface area is 177 Å². The maximum atomic E-state index is 12.7. The van der Waals surface area contributed by atoms with Crippen molar-refractivity contribution in [3.05, 3.63) is 58.7 Å². The zero-order valence-electron chi connectivity index (χ0n) is 17.9. The zero-order valence-corrected chi connectivity index (χ0v) is 17.9. The quantitative estimate of drug-likeness (QED) is 0.577. The lowest BCUT2D eigenvalue weighted by molar-refractivity contribution is -0.0230. The van der Waals surface area contributed by atoms with Crippen molar-refractivity contribution in [1.29, 1.82) is 0 Å². The fourth-order valence-electron chi connectivity index (χ4n) is 3.91. The predicted molar refractivity (Wildman–Crippen MR) is 115 cm³/mol. The third kappa shape index (κ3) is 4.08. The maximum Gasteiger partial charge on any atom is 0.189 e. The molecule has 2 aliphatic rings. The minimum absolute atomic E-state index is 0.124. The molecule has 2 aromatic carbocycles. The lowest BCUT2D eigenvalue weighted by Crippen LogP contribution is -2.39. The minimum Gasteiger partial charge on any atom is -0.507 e. The van der Waals surface area contributed by atoms with Crippen molar-refractivity contribution in [1.82, 2.24) is 0 Å². The molecule has 0 spiro atoms. The number of aryl methyl sites for hydroxylation is 1. The Morgan fingerprint density at radius 2 is 1.93 bits per heavy atom. The zero-order chi connectivity index (χ0) is 21.7. The van der Waals surface area contributed by atoms with Gasteiger partial charge in [0, 0.05) is 12.5 Å². The molecule has 0 bridgehead atoms. The molecule has 0 unspecified atom stereocenters. The van der Waals surface area contributed by atoms with E-state index in [0.29, 0.717) is 12.2 Å². The topological polar surface area (TPSA) is 76.0 Å². The number of hydrogen-bond donors (Lipinski definition) is 2. The summed E-state index contributed by atoms with van der Waals surface area (Å²) in [6.07, 6.45) is 5.19. The van der Waals surface area contributed by atoms with Gasteiger partial charge in [0.15, 0.2) is 5.78 Å². The van der Waals surface area contributed by atoms with Gasteiger partial charge in [-0.25, -0.2) is 0 Å². The van der Waals surface area contributed by atoms with Gasteiger partial charge >= 0.3 is 0 Å². The summed E-state index contributed by atoms with van der Waals surface area (Å²) in [5, 5.41) is 20.5. The number of ether oxygens (including phenoxy) is 2.